The predicted molar refractivity (Wildman–Crippen MR) is 126 cm³/mol. The molecule has 1 N–H and O–H groups in total. The van der Waals surface area contributed by atoms with Crippen LogP contribution in [-0.4, -0.2) is 72.5 Å². The Balaban J connectivity index is 1.50. The largest absolute Gasteiger partial charge is 0.352 e. The summed E-state index contributed by atoms with van der Waals surface area (Å²) in [5, 5.41) is 4.22. The van der Waals surface area contributed by atoms with Crippen LogP contribution >= 0.6 is 11.6 Å². The van der Waals surface area contributed by atoms with Crippen LogP contribution in [0, 0.1) is 0 Å². The number of benzene rings is 1. The highest BCUT2D eigenvalue weighted by Crippen LogP contribution is 2.14. The topological polar surface area (TPSA) is 39.0 Å². The van der Waals surface area contributed by atoms with Crippen LogP contribution in [0.15, 0.2) is 41.5 Å². The molecule has 30 heavy (non-hydrogen) atoms. The summed E-state index contributed by atoms with van der Waals surface area (Å²) in [5.74, 6) is 0.866. The minimum absolute atomic E-state index is 0.743. The summed E-state index contributed by atoms with van der Waals surface area (Å²) >= 11 is 6.10. The monoisotopic (exact) mass is 430 g/mol. The van der Waals surface area contributed by atoms with Crippen LogP contribution in [0.25, 0.3) is 0 Å². The lowest BCUT2D eigenvalue weighted by atomic mass is 10.1. The minimum Gasteiger partial charge on any atom is -0.352 e. The number of hydrogen-bond donors (Lipinski definition) is 1. The Labute approximate surface area is 186 Å². The number of aromatic nitrogens is 1. The highest BCUT2D eigenvalue weighted by molar-refractivity contribution is 6.30. The minimum atomic E-state index is 0.743. The quantitative estimate of drug-likeness (QED) is 0.564. The molecule has 0 atom stereocenters. The van der Waals surface area contributed by atoms with Crippen LogP contribution in [0.2, 0.25) is 5.02 Å². The van der Waals surface area contributed by atoms with E-state index in [9.17, 15) is 0 Å². The molecule has 2 heterocycles. The summed E-state index contributed by atoms with van der Waals surface area (Å²) in [6, 6.07) is 10.9. The molecule has 0 amide bonds. The van der Waals surface area contributed by atoms with Crippen molar-refractivity contribution in [2.45, 2.75) is 26.1 Å². The molecular formula is C23H35ClN6. The summed E-state index contributed by atoms with van der Waals surface area (Å²) in [7, 11) is 8.08. The van der Waals surface area contributed by atoms with Crippen molar-refractivity contribution < 1.29 is 0 Å². The highest BCUT2D eigenvalue weighted by Gasteiger charge is 2.13. The number of nitrogens with one attached hydrogen (secondary N) is 1. The molecule has 2 aromatic rings. The molecule has 0 spiro atoms. The van der Waals surface area contributed by atoms with Crippen LogP contribution in [0.1, 0.15) is 23.2 Å². The number of nitrogens with zero attached hydrogens (tertiary/aromatic N) is 5. The van der Waals surface area contributed by atoms with Gasteiger partial charge in [-0.3, -0.25) is 9.89 Å². The van der Waals surface area contributed by atoms with Gasteiger partial charge in [0.15, 0.2) is 5.96 Å². The molecule has 1 aliphatic heterocycles. The van der Waals surface area contributed by atoms with E-state index in [1.165, 1.54) is 30.6 Å². The van der Waals surface area contributed by atoms with Gasteiger partial charge in [0, 0.05) is 59.2 Å². The average Bonchev–Trinajstić information content (AvgIpc) is 2.90. The summed E-state index contributed by atoms with van der Waals surface area (Å²) < 4.78 is 2.05. The van der Waals surface area contributed by atoms with Crippen molar-refractivity contribution in [3.63, 3.8) is 0 Å². The summed E-state index contributed by atoms with van der Waals surface area (Å²) in [5.41, 5.74) is 3.78. The van der Waals surface area contributed by atoms with Crippen LogP contribution in [0.3, 0.4) is 0 Å². The van der Waals surface area contributed by atoms with Gasteiger partial charge in [0.2, 0.25) is 0 Å². The maximum absolute atomic E-state index is 6.10. The van der Waals surface area contributed by atoms with Gasteiger partial charge in [0.25, 0.3) is 0 Å². The smallest absolute Gasteiger partial charge is 0.194 e. The third kappa shape index (κ3) is 6.49. The number of likely N-dealkylation sites (N-methyl/N-ethyl adjacent to an activating group) is 1. The van der Waals surface area contributed by atoms with Gasteiger partial charge in [-0.15, -0.1) is 0 Å². The van der Waals surface area contributed by atoms with Crippen molar-refractivity contribution >= 4 is 17.6 Å². The van der Waals surface area contributed by atoms with Crippen LogP contribution in [-0.2, 0) is 26.7 Å². The fraction of sp³-hybridized carbons (Fsp3) is 0.522. The fourth-order valence-electron chi connectivity index (χ4n) is 3.89. The van der Waals surface area contributed by atoms with Crippen molar-refractivity contribution in [2.75, 3.05) is 47.3 Å². The Bertz CT molecular complexity index is 829. The molecule has 0 saturated carbocycles. The zero-order chi connectivity index (χ0) is 21.5. The molecule has 7 heteroatoms. The molecule has 1 aromatic carbocycles. The van der Waals surface area contributed by atoms with E-state index in [-0.39, 0.29) is 0 Å². The zero-order valence-electron chi connectivity index (χ0n) is 18.7. The van der Waals surface area contributed by atoms with Crippen LogP contribution < -0.4 is 5.32 Å². The fourth-order valence-corrected chi connectivity index (χ4v) is 4.16. The van der Waals surface area contributed by atoms with E-state index in [0.29, 0.717) is 0 Å². The molecule has 0 radical (unpaired) electrons. The van der Waals surface area contributed by atoms with Crippen molar-refractivity contribution in [3.05, 3.63) is 58.4 Å². The van der Waals surface area contributed by atoms with Crippen LogP contribution in [0.5, 0.6) is 0 Å². The number of aryl methyl sites for hydroxylation is 1. The molecule has 0 aliphatic carbocycles. The van der Waals surface area contributed by atoms with Gasteiger partial charge in [-0.2, -0.15) is 0 Å². The molecule has 6 nitrogen and oxygen atoms in total. The first-order valence-corrected chi connectivity index (χ1v) is 11.0. The number of aliphatic imine (C=N–C) groups is 1. The van der Waals surface area contributed by atoms with E-state index < -0.39 is 0 Å². The predicted octanol–water partition coefficient (Wildman–Crippen LogP) is 3.02. The lowest BCUT2D eigenvalue weighted by Crippen LogP contribution is -2.38. The maximum Gasteiger partial charge on any atom is 0.194 e. The molecule has 1 saturated heterocycles. The lowest BCUT2D eigenvalue weighted by molar-refractivity contribution is 0.269. The first-order valence-electron chi connectivity index (χ1n) is 10.7. The second-order valence-corrected chi connectivity index (χ2v) is 8.70. The van der Waals surface area contributed by atoms with Crippen molar-refractivity contribution in [1.82, 2.24) is 24.6 Å². The first kappa shape index (κ1) is 22.7. The van der Waals surface area contributed by atoms with E-state index in [1.54, 1.807) is 0 Å². The zero-order valence-corrected chi connectivity index (χ0v) is 19.5. The Morgan fingerprint density at radius 1 is 1.10 bits per heavy atom. The summed E-state index contributed by atoms with van der Waals surface area (Å²) in [4.78, 5) is 11.5. The normalized spacial score (nSPS) is 16.5. The molecule has 0 unspecified atom stereocenters. The molecule has 1 aromatic heterocycles. The maximum atomic E-state index is 6.10. The summed E-state index contributed by atoms with van der Waals surface area (Å²) in [6.45, 7) is 7.22. The number of hydrogen-bond acceptors (Lipinski definition) is 3. The highest BCUT2D eigenvalue weighted by atomic mass is 35.5. The van der Waals surface area contributed by atoms with Gasteiger partial charge in [-0.1, -0.05) is 35.9 Å². The van der Waals surface area contributed by atoms with Gasteiger partial charge in [-0.05, 0) is 43.8 Å². The van der Waals surface area contributed by atoms with E-state index >= 15 is 0 Å². The second kappa shape index (κ2) is 10.8. The Hall–Kier alpha value is -2.02. The lowest BCUT2D eigenvalue weighted by Gasteiger charge is -2.22. The van der Waals surface area contributed by atoms with Crippen molar-refractivity contribution in [2.24, 2.45) is 12.0 Å². The van der Waals surface area contributed by atoms with Gasteiger partial charge in [-0.25, -0.2) is 0 Å². The molecule has 3 rings (SSSR count). The van der Waals surface area contributed by atoms with Gasteiger partial charge in [0.05, 0.1) is 11.6 Å². The van der Waals surface area contributed by atoms with Crippen molar-refractivity contribution in [3.8, 4) is 0 Å². The molecule has 164 valence electrons. The van der Waals surface area contributed by atoms with E-state index in [2.05, 4.69) is 56.3 Å². The van der Waals surface area contributed by atoms with E-state index in [4.69, 9.17) is 11.6 Å². The number of halogens is 1. The standard InChI is InChI=1S/C23H35ClN6/c1-25-23(29(4)18-22-14-21(24)17-28(22)3)26-15-19-6-8-20(9-7-19)16-30-11-5-10-27(2)12-13-30/h6-9,14,17H,5,10-13,15-16,18H2,1-4H3,(H,25,26). The van der Waals surface area contributed by atoms with E-state index in [1.807, 2.05) is 38.0 Å². The Kier molecular flexibility index (Phi) is 8.19. The van der Waals surface area contributed by atoms with Crippen molar-refractivity contribution in [1.29, 1.82) is 0 Å². The Morgan fingerprint density at radius 2 is 1.83 bits per heavy atom. The third-order valence-corrected chi connectivity index (χ3v) is 5.95. The van der Waals surface area contributed by atoms with Gasteiger partial charge >= 0.3 is 0 Å². The number of guanidine groups is 1. The van der Waals surface area contributed by atoms with Gasteiger partial charge < -0.3 is 19.7 Å². The second-order valence-electron chi connectivity index (χ2n) is 8.27. The summed E-state index contributed by atoms with van der Waals surface area (Å²) in [6.07, 6.45) is 3.17. The van der Waals surface area contributed by atoms with Crippen LogP contribution in [0.4, 0.5) is 0 Å². The van der Waals surface area contributed by atoms with E-state index in [0.717, 1.165) is 49.4 Å². The first-order chi connectivity index (χ1) is 14.4. The third-order valence-electron chi connectivity index (χ3n) is 5.74. The van der Waals surface area contributed by atoms with Gasteiger partial charge in [0.1, 0.15) is 0 Å². The average molecular weight is 431 g/mol. The molecular weight excluding hydrogens is 396 g/mol. The molecule has 0 bridgehead atoms. The SMILES string of the molecule is CN=C(NCc1ccc(CN2CCCN(C)CC2)cc1)N(C)Cc1cc(Cl)cn1C. The Morgan fingerprint density at radius 3 is 2.50 bits per heavy atom. The molecule has 1 aliphatic rings. The number of rotatable bonds is 6. The molecule has 1 fully saturated rings.